The van der Waals surface area contributed by atoms with Crippen LogP contribution in [0.3, 0.4) is 0 Å². The number of ether oxygens (including phenoxy) is 3. The number of halogens is 1. The molecule has 0 unspecified atom stereocenters. The Balaban J connectivity index is 1.91. The van der Waals surface area contributed by atoms with Crippen LogP contribution in [0.5, 0.6) is 5.75 Å². The van der Waals surface area contributed by atoms with Crippen molar-refractivity contribution in [2.24, 2.45) is 0 Å². The number of hydrogen-bond acceptors (Lipinski definition) is 7. The zero-order chi connectivity index (χ0) is 20.3. The number of nitrogens with two attached hydrogens (primary N) is 1. The monoisotopic (exact) mass is 403 g/mol. The topological polar surface area (TPSA) is 101 Å². The fourth-order valence-corrected chi connectivity index (χ4v) is 2.88. The van der Waals surface area contributed by atoms with E-state index in [2.05, 4.69) is 0 Å². The van der Waals surface area contributed by atoms with Crippen molar-refractivity contribution in [1.29, 1.82) is 0 Å². The fourth-order valence-electron chi connectivity index (χ4n) is 2.72. The van der Waals surface area contributed by atoms with Gasteiger partial charge in [-0.2, -0.15) is 0 Å². The van der Waals surface area contributed by atoms with Crippen LogP contribution in [-0.2, 0) is 16.1 Å². The molecule has 146 valence electrons. The molecule has 0 radical (unpaired) electrons. The van der Waals surface area contributed by atoms with Crippen LogP contribution in [0.15, 0.2) is 40.8 Å². The van der Waals surface area contributed by atoms with Gasteiger partial charge >= 0.3 is 11.9 Å². The predicted octanol–water partition coefficient (Wildman–Crippen LogP) is 4.21. The molecule has 0 aliphatic carbocycles. The number of fused-ring (bicyclic) bond motifs is 1. The minimum absolute atomic E-state index is 0.00171. The van der Waals surface area contributed by atoms with Gasteiger partial charge in [-0.25, -0.2) is 9.59 Å². The molecule has 0 spiro atoms. The third-order valence-electron chi connectivity index (χ3n) is 4.05. The van der Waals surface area contributed by atoms with Crippen LogP contribution in [0.2, 0.25) is 5.02 Å². The molecule has 1 aromatic heterocycles. The van der Waals surface area contributed by atoms with E-state index in [1.54, 1.807) is 31.2 Å². The summed E-state index contributed by atoms with van der Waals surface area (Å²) in [5.41, 5.74) is 7.04. The Labute approximate surface area is 165 Å². The Morgan fingerprint density at radius 1 is 1.14 bits per heavy atom. The maximum Gasteiger partial charge on any atom is 0.374 e. The molecule has 7 nitrogen and oxygen atoms in total. The lowest BCUT2D eigenvalue weighted by atomic mass is 10.1. The van der Waals surface area contributed by atoms with Crippen molar-refractivity contribution in [1.82, 2.24) is 0 Å². The van der Waals surface area contributed by atoms with Crippen molar-refractivity contribution < 1.29 is 28.2 Å². The van der Waals surface area contributed by atoms with Crippen LogP contribution in [0, 0.1) is 0 Å². The number of para-hydroxylation sites is 1. The summed E-state index contributed by atoms with van der Waals surface area (Å²) in [6.45, 7) is 1.68. The number of hydrogen-bond donors (Lipinski definition) is 1. The van der Waals surface area contributed by atoms with E-state index >= 15 is 0 Å². The van der Waals surface area contributed by atoms with Gasteiger partial charge in [-0.15, -0.1) is 0 Å². The third kappa shape index (κ3) is 3.75. The number of methoxy groups -OCH3 is 1. The molecule has 2 aromatic carbocycles. The number of rotatable bonds is 6. The molecule has 0 fully saturated rings. The second-order valence-electron chi connectivity index (χ2n) is 5.78. The summed E-state index contributed by atoms with van der Waals surface area (Å²) in [7, 11) is 1.40. The average Bonchev–Trinajstić information content (AvgIpc) is 3.06. The molecule has 0 bridgehead atoms. The third-order valence-corrected chi connectivity index (χ3v) is 4.37. The minimum atomic E-state index is -0.682. The van der Waals surface area contributed by atoms with Gasteiger partial charge in [-0.3, -0.25) is 0 Å². The standard InChI is InChI=1S/C20H18ClNO6/c1-3-26-20(24)18-13(11-6-4-5-7-16(11)28-18)10-27-19(23)12-8-14(21)15(22)9-17(12)25-2/h4-9H,3,10,22H2,1-2H3. The number of esters is 2. The Kier molecular flexibility index (Phi) is 5.75. The highest BCUT2D eigenvalue weighted by molar-refractivity contribution is 6.33. The maximum atomic E-state index is 12.6. The summed E-state index contributed by atoms with van der Waals surface area (Å²) >= 11 is 6.00. The second kappa shape index (κ2) is 8.22. The molecule has 1 heterocycles. The van der Waals surface area contributed by atoms with E-state index < -0.39 is 11.9 Å². The van der Waals surface area contributed by atoms with E-state index in [1.807, 2.05) is 0 Å². The Bertz CT molecular complexity index is 1040. The molecule has 0 saturated carbocycles. The van der Waals surface area contributed by atoms with Gasteiger partial charge in [-0.05, 0) is 19.1 Å². The largest absolute Gasteiger partial charge is 0.496 e. The van der Waals surface area contributed by atoms with Gasteiger partial charge in [0.25, 0.3) is 0 Å². The Hall–Kier alpha value is -3.19. The first-order chi connectivity index (χ1) is 13.5. The molecule has 3 aromatic rings. The van der Waals surface area contributed by atoms with E-state index in [0.29, 0.717) is 16.5 Å². The first-order valence-electron chi connectivity index (χ1n) is 8.43. The van der Waals surface area contributed by atoms with E-state index in [9.17, 15) is 9.59 Å². The van der Waals surface area contributed by atoms with Gasteiger partial charge in [-0.1, -0.05) is 29.8 Å². The minimum Gasteiger partial charge on any atom is -0.496 e. The van der Waals surface area contributed by atoms with Crippen LogP contribution in [0.25, 0.3) is 11.0 Å². The van der Waals surface area contributed by atoms with Crippen molar-refractivity contribution in [3.8, 4) is 5.75 Å². The molecule has 0 aliphatic heterocycles. The first-order valence-corrected chi connectivity index (χ1v) is 8.81. The molecule has 0 aliphatic rings. The van der Waals surface area contributed by atoms with Crippen molar-refractivity contribution in [2.75, 3.05) is 19.5 Å². The van der Waals surface area contributed by atoms with Crippen molar-refractivity contribution in [3.63, 3.8) is 0 Å². The van der Waals surface area contributed by atoms with Crippen molar-refractivity contribution >= 4 is 40.2 Å². The second-order valence-corrected chi connectivity index (χ2v) is 6.18. The van der Waals surface area contributed by atoms with Crippen molar-refractivity contribution in [3.05, 3.63) is 58.3 Å². The lowest BCUT2D eigenvalue weighted by Gasteiger charge is -2.11. The van der Waals surface area contributed by atoms with Gasteiger partial charge in [0.15, 0.2) is 0 Å². The van der Waals surface area contributed by atoms with Crippen LogP contribution in [0.4, 0.5) is 5.69 Å². The molecule has 2 N–H and O–H groups in total. The fraction of sp³-hybridized carbons (Fsp3) is 0.200. The highest BCUT2D eigenvalue weighted by atomic mass is 35.5. The molecule has 28 heavy (non-hydrogen) atoms. The highest BCUT2D eigenvalue weighted by Gasteiger charge is 2.24. The number of anilines is 1. The SMILES string of the molecule is CCOC(=O)c1oc2ccccc2c1COC(=O)c1cc(Cl)c(N)cc1OC. The summed E-state index contributed by atoms with van der Waals surface area (Å²) in [6, 6.07) is 9.87. The number of nitrogen functional groups attached to an aromatic ring is 1. The zero-order valence-electron chi connectivity index (χ0n) is 15.3. The Morgan fingerprint density at radius 2 is 1.89 bits per heavy atom. The lowest BCUT2D eigenvalue weighted by molar-refractivity contribution is 0.0433. The molecular weight excluding hydrogens is 386 g/mol. The zero-order valence-corrected chi connectivity index (χ0v) is 16.0. The quantitative estimate of drug-likeness (QED) is 0.485. The molecule has 3 rings (SSSR count). The Morgan fingerprint density at radius 3 is 2.61 bits per heavy atom. The summed E-state index contributed by atoms with van der Waals surface area (Å²) in [5.74, 6) is -1.08. The average molecular weight is 404 g/mol. The number of furan rings is 1. The lowest BCUT2D eigenvalue weighted by Crippen LogP contribution is -2.11. The molecule has 0 atom stereocenters. The van der Waals surface area contributed by atoms with Crippen LogP contribution in [0.1, 0.15) is 33.4 Å². The van der Waals surface area contributed by atoms with E-state index in [4.69, 9.17) is 36.0 Å². The van der Waals surface area contributed by atoms with Gasteiger partial charge in [0, 0.05) is 11.5 Å². The number of carbonyl (C=O) groups is 2. The smallest absolute Gasteiger partial charge is 0.374 e. The highest BCUT2D eigenvalue weighted by Crippen LogP contribution is 2.31. The van der Waals surface area contributed by atoms with E-state index in [1.165, 1.54) is 19.2 Å². The van der Waals surface area contributed by atoms with Gasteiger partial charge in [0.2, 0.25) is 5.76 Å². The molecule has 0 saturated heterocycles. The van der Waals surface area contributed by atoms with Crippen LogP contribution < -0.4 is 10.5 Å². The number of carbonyl (C=O) groups excluding carboxylic acids is 2. The first kappa shape index (κ1) is 19.6. The molecular formula is C20H18ClNO6. The van der Waals surface area contributed by atoms with Crippen LogP contribution in [-0.4, -0.2) is 25.7 Å². The molecule has 0 amide bonds. The normalized spacial score (nSPS) is 10.7. The van der Waals surface area contributed by atoms with E-state index in [-0.39, 0.29) is 41.0 Å². The predicted molar refractivity (Wildman–Crippen MR) is 104 cm³/mol. The van der Waals surface area contributed by atoms with E-state index in [0.717, 1.165) is 0 Å². The van der Waals surface area contributed by atoms with Crippen molar-refractivity contribution in [2.45, 2.75) is 13.5 Å². The van der Waals surface area contributed by atoms with Gasteiger partial charge < -0.3 is 24.4 Å². The molecule has 8 heteroatoms. The maximum absolute atomic E-state index is 12.6. The number of benzene rings is 2. The summed E-state index contributed by atoms with van der Waals surface area (Å²) in [4.78, 5) is 24.8. The summed E-state index contributed by atoms with van der Waals surface area (Å²) in [5, 5.41) is 0.856. The summed E-state index contributed by atoms with van der Waals surface area (Å²) in [6.07, 6.45) is 0. The van der Waals surface area contributed by atoms with Gasteiger partial charge in [0.1, 0.15) is 23.5 Å². The van der Waals surface area contributed by atoms with Crippen LogP contribution >= 0.6 is 11.6 Å². The summed E-state index contributed by atoms with van der Waals surface area (Å²) < 4.78 is 21.2. The van der Waals surface area contributed by atoms with Gasteiger partial charge in [0.05, 0.1) is 30.0 Å².